The third-order valence-corrected chi connectivity index (χ3v) is 1.88. The van der Waals surface area contributed by atoms with Crippen LogP contribution in [0, 0.1) is 5.92 Å². The van der Waals surface area contributed by atoms with Crippen LogP contribution in [0.25, 0.3) is 0 Å². The second-order valence-electron chi connectivity index (χ2n) is 4.12. The van der Waals surface area contributed by atoms with Crippen molar-refractivity contribution >= 4 is 0 Å². The van der Waals surface area contributed by atoms with Crippen LogP contribution in [-0.2, 0) is 0 Å². The number of allylic oxidation sites excluding steroid dienone is 4. The smallest absolute Gasteiger partial charge is 0.0285 e. The van der Waals surface area contributed by atoms with E-state index < -0.39 is 0 Å². The molecule has 0 aliphatic carbocycles. The average Bonchev–Trinajstić information content (AvgIpc) is 2.00. The summed E-state index contributed by atoms with van der Waals surface area (Å²) in [5.74, 6) is 0.804. The van der Waals surface area contributed by atoms with E-state index in [1.54, 1.807) is 0 Å². The van der Waals surface area contributed by atoms with Crippen molar-refractivity contribution in [2.75, 3.05) is 0 Å². The van der Waals surface area contributed by atoms with Gasteiger partial charge in [-0.05, 0) is 25.7 Å². The molecule has 0 saturated heterocycles. The summed E-state index contributed by atoms with van der Waals surface area (Å²) in [6, 6.07) is 0. The van der Waals surface area contributed by atoms with Gasteiger partial charge in [0.05, 0.1) is 0 Å². The van der Waals surface area contributed by atoms with Crippen molar-refractivity contribution in [1.29, 1.82) is 0 Å². The lowest BCUT2D eigenvalue weighted by atomic mass is 10.0. The van der Waals surface area contributed by atoms with Gasteiger partial charge in [-0.25, -0.2) is 0 Å². The fourth-order valence-electron chi connectivity index (χ4n) is 1.08. The Hall–Kier alpha value is -0.780. The summed E-state index contributed by atoms with van der Waals surface area (Å²) in [4.78, 5) is 0. The zero-order chi connectivity index (χ0) is 10.3. The predicted molar refractivity (Wildman–Crippen MR) is 61.8 cm³/mol. The molecule has 0 aliphatic heterocycles. The van der Waals surface area contributed by atoms with E-state index in [1.165, 1.54) is 18.4 Å². The van der Waals surface area contributed by atoms with Crippen molar-refractivity contribution in [2.45, 2.75) is 40.0 Å². The van der Waals surface area contributed by atoms with E-state index >= 15 is 0 Å². The predicted octanol–water partition coefficient (Wildman–Crippen LogP) is 4.50. The van der Waals surface area contributed by atoms with Crippen LogP contribution >= 0.6 is 0 Å². The molecule has 0 unspecified atom stereocenters. The molecule has 0 heterocycles. The standard InChI is InChI=1S/C13H22/c1-11(2)7-6-8-13(5)10-9-12(3)4/h9-11H,3,5-8H2,1-2,4H3/b10-9-. The van der Waals surface area contributed by atoms with Crippen molar-refractivity contribution in [3.8, 4) is 0 Å². The summed E-state index contributed by atoms with van der Waals surface area (Å²) in [5.41, 5.74) is 2.30. The summed E-state index contributed by atoms with van der Waals surface area (Å²) in [6.07, 6.45) is 7.75. The second-order valence-corrected chi connectivity index (χ2v) is 4.12. The Kier molecular flexibility index (Phi) is 6.30. The molecule has 0 radical (unpaired) electrons. The van der Waals surface area contributed by atoms with Gasteiger partial charge in [-0.3, -0.25) is 0 Å². The molecule has 74 valence electrons. The topological polar surface area (TPSA) is 0 Å². The number of hydrogen-bond donors (Lipinski definition) is 0. The van der Waals surface area contributed by atoms with E-state index in [9.17, 15) is 0 Å². The first-order chi connectivity index (χ1) is 6.02. The highest BCUT2D eigenvalue weighted by Crippen LogP contribution is 2.11. The fraction of sp³-hybridized carbons (Fsp3) is 0.538. The number of hydrogen-bond acceptors (Lipinski definition) is 0. The maximum atomic E-state index is 4.00. The van der Waals surface area contributed by atoms with E-state index in [4.69, 9.17) is 0 Å². The zero-order valence-corrected chi connectivity index (χ0v) is 9.27. The molecule has 0 N–H and O–H groups in total. The van der Waals surface area contributed by atoms with Crippen LogP contribution in [0.1, 0.15) is 40.0 Å². The van der Waals surface area contributed by atoms with Gasteiger partial charge in [0.25, 0.3) is 0 Å². The van der Waals surface area contributed by atoms with Gasteiger partial charge in [0, 0.05) is 0 Å². The van der Waals surface area contributed by atoms with Crippen molar-refractivity contribution in [3.63, 3.8) is 0 Å². The zero-order valence-electron chi connectivity index (χ0n) is 9.27. The lowest BCUT2D eigenvalue weighted by Gasteiger charge is -2.03. The molecule has 13 heavy (non-hydrogen) atoms. The number of rotatable bonds is 6. The van der Waals surface area contributed by atoms with Crippen LogP contribution in [0.5, 0.6) is 0 Å². The van der Waals surface area contributed by atoms with Crippen molar-refractivity contribution < 1.29 is 0 Å². The minimum atomic E-state index is 0.804. The molecular formula is C13H22. The van der Waals surface area contributed by atoms with Gasteiger partial charge in [-0.1, -0.05) is 56.7 Å². The van der Waals surface area contributed by atoms with Crippen LogP contribution in [0.3, 0.4) is 0 Å². The lowest BCUT2D eigenvalue weighted by molar-refractivity contribution is 0.557. The molecule has 0 aromatic heterocycles. The summed E-state index contributed by atoms with van der Waals surface area (Å²) < 4.78 is 0. The molecule has 0 bridgehead atoms. The first kappa shape index (κ1) is 12.2. The summed E-state index contributed by atoms with van der Waals surface area (Å²) in [5, 5.41) is 0. The highest BCUT2D eigenvalue weighted by atomic mass is 14.0. The average molecular weight is 178 g/mol. The van der Waals surface area contributed by atoms with Gasteiger partial charge in [-0.2, -0.15) is 0 Å². The third kappa shape index (κ3) is 9.13. The van der Waals surface area contributed by atoms with E-state index in [1.807, 2.05) is 13.0 Å². The molecule has 0 nitrogen and oxygen atoms in total. The van der Waals surface area contributed by atoms with Crippen molar-refractivity contribution in [3.05, 3.63) is 36.5 Å². The monoisotopic (exact) mass is 178 g/mol. The highest BCUT2D eigenvalue weighted by molar-refractivity contribution is 5.22. The van der Waals surface area contributed by atoms with Crippen LogP contribution < -0.4 is 0 Å². The Bertz CT molecular complexity index is 194. The van der Waals surface area contributed by atoms with Gasteiger partial charge in [0.2, 0.25) is 0 Å². The van der Waals surface area contributed by atoms with Gasteiger partial charge in [0.15, 0.2) is 0 Å². The Morgan fingerprint density at radius 2 is 1.85 bits per heavy atom. The van der Waals surface area contributed by atoms with E-state index in [2.05, 4.69) is 33.1 Å². The Morgan fingerprint density at radius 1 is 1.23 bits per heavy atom. The van der Waals surface area contributed by atoms with Gasteiger partial charge in [-0.15, -0.1) is 0 Å². The van der Waals surface area contributed by atoms with Crippen LogP contribution in [0.4, 0.5) is 0 Å². The maximum absolute atomic E-state index is 4.00. The van der Waals surface area contributed by atoms with Gasteiger partial charge < -0.3 is 0 Å². The Labute approximate surface area is 83.0 Å². The minimum Gasteiger partial charge on any atom is -0.0961 e. The normalized spacial score (nSPS) is 11.1. The minimum absolute atomic E-state index is 0.804. The third-order valence-electron chi connectivity index (χ3n) is 1.88. The van der Waals surface area contributed by atoms with Crippen LogP contribution in [0.2, 0.25) is 0 Å². The summed E-state index contributed by atoms with van der Waals surface area (Å²) >= 11 is 0. The molecule has 0 spiro atoms. The molecule has 0 aliphatic rings. The first-order valence-electron chi connectivity index (χ1n) is 5.03. The summed E-state index contributed by atoms with van der Waals surface area (Å²) in [6.45, 7) is 14.3. The molecule has 0 atom stereocenters. The lowest BCUT2D eigenvalue weighted by Crippen LogP contribution is -1.87. The van der Waals surface area contributed by atoms with Crippen molar-refractivity contribution in [1.82, 2.24) is 0 Å². The van der Waals surface area contributed by atoms with Gasteiger partial charge >= 0.3 is 0 Å². The van der Waals surface area contributed by atoms with E-state index in [-0.39, 0.29) is 0 Å². The molecule has 0 saturated carbocycles. The Morgan fingerprint density at radius 3 is 2.31 bits per heavy atom. The van der Waals surface area contributed by atoms with E-state index in [0.29, 0.717) is 0 Å². The van der Waals surface area contributed by atoms with Crippen LogP contribution in [0.15, 0.2) is 36.5 Å². The second kappa shape index (κ2) is 6.71. The van der Waals surface area contributed by atoms with Gasteiger partial charge in [0.1, 0.15) is 0 Å². The molecule has 0 rings (SSSR count). The largest absolute Gasteiger partial charge is 0.0961 e. The molecule has 0 fully saturated rings. The maximum Gasteiger partial charge on any atom is -0.0285 e. The molecule has 0 aromatic carbocycles. The highest BCUT2D eigenvalue weighted by Gasteiger charge is 1.94. The SMILES string of the molecule is C=C(C)/C=C\C(=C)CCCC(C)C. The molecule has 0 heteroatoms. The quantitative estimate of drug-likeness (QED) is 0.525. The van der Waals surface area contributed by atoms with E-state index in [0.717, 1.165) is 17.9 Å². The summed E-state index contributed by atoms with van der Waals surface area (Å²) in [7, 11) is 0. The van der Waals surface area contributed by atoms with Crippen molar-refractivity contribution in [2.24, 2.45) is 5.92 Å². The Balaban J connectivity index is 3.58. The molecule has 0 aromatic rings. The van der Waals surface area contributed by atoms with Crippen LogP contribution in [-0.4, -0.2) is 0 Å². The molecular weight excluding hydrogens is 156 g/mol. The molecule has 0 amide bonds. The fourth-order valence-corrected chi connectivity index (χ4v) is 1.08. The first-order valence-corrected chi connectivity index (χ1v) is 5.03.